The molecule has 3 heterocycles. The Morgan fingerprint density at radius 3 is 2.53 bits per heavy atom. The maximum atomic E-state index is 13.5. The summed E-state index contributed by atoms with van der Waals surface area (Å²) in [7, 11) is 1.93. The molecule has 1 fully saturated rings. The maximum absolute atomic E-state index is 13.5. The van der Waals surface area contributed by atoms with E-state index in [4.69, 9.17) is 4.98 Å². The average molecular weight is 420 g/mol. The van der Waals surface area contributed by atoms with Crippen LogP contribution in [0.2, 0.25) is 0 Å². The molecule has 0 saturated heterocycles. The number of nitrogens with zero attached hydrogens (tertiary/aromatic N) is 4. The quantitative estimate of drug-likeness (QED) is 0.515. The molecular weight excluding hydrogens is 394 g/mol. The molecule has 0 radical (unpaired) electrons. The molecule has 154 valence electrons. The Morgan fingerprint density at radius 1 is 1.10 bits per heavy atom. The van der Waals surface area contributed by atoms with Crippen molar-refractivity contribution >= 4 is 16.5 Å². The molecule has 1 N–H and O–H groups in total. The Bertz CT molecular complexity index is 1290. The number of aromatic nitrogens is 4. The minimum absolute atomic E-state index is 0.0242. The zero-order chi connectivity index (χ0) is 21.0. The first-order valence-electron chi connectivity index (χ1n) is 10.2. The third-order valence-electron chi connectivity index (χ3n) is 5.86. The summed E-state index contributed by atoms with van der Waals surface area (Å²) in [5.41, 5.74) is 6.53. The van der Waals surface area contributed by atoms with Gasteiger partial charge in [0.1, 0.15) is 5.69 Å². The lowest BCUT2D eigenvalue weighted by Crippen LogP contribution is -2.21. The zero-order valence-electron chi connectivity index (χ0n) is 17.6. The third kappa shape index (κ3) is 3.01. The van der Waals surface area contributed by atoms with Crippen LogP contribution >= 0.6 is 11.3 Å². The number of thiazole rings is 1. The van der Waals surface area contributed by atoms with Crippen molar-refractivity contribution in [3.05, 3.63) is 69.2 Å². The molecule has 0 amide bonds. The van der Waals surface area contributed by atoms with Crippen molar-refractivity contribution < 1.29 is 0 Å². The van der Waals surface area contributed by atoms with E-state index >= 15 is 0 Å². The Labute approximate surface area is 179 Å². The van der Waals surface area contributed by atoms with Crippen molar-refractivity contribution in [2.75, 3.05) is 5.32 Å². The predicted octanol–water partition coefficient (Wildman–Crippen LogP) is 4.59. The number of para-hydroxylation sites is 1. The Morgan fingerprint density at radius 2 is 1.83 bits per heavy atom. The fourth-order valence-corrected chi connectivity index (χ4v) is 4.83. The SMILES string of the molecule is Cc1cc(-c2csc(NC3CC3)n2)c(C)n1-c1c(C)n(C)n(-c2ccccc2)c1=O. The van der Waals surface area contributed by atoms with Gasteiger partial charge in [-0.1, -0.05) is 18.2 Å². The van der Waals surface area contributed by atoms with E-state index in [1.54, 1.807) is 16.0 Å². The molecule has 1 aliphatic carbocycles. The number of benzene rings is 1. The van der Waals surface area contributed by atoms with Crippen LogP contribution in [-0.2, 0) is 7.05 Å². The van der Waals surface area contributed by atoms with Gasteiger partial charge in [-0.25, -0.2) is 9.67 Å². The first kappa shape index (κ1) is 18.9. The summed E-state index contributed by atoms with van der Waals surface area (Å²) in [6.45, 7) is 6.11. The molecule has 6 nitrogen and oxygen atoms in total. The summed E-state index contributed by atoms with van der Waals surface area (Å²) in [6, 6.07) is 12.5. The van der Waals surface area contributed by atoms with E-state index in [9.17, 15) is 4.79 Å². The second-order valence-electron chi connectivity index (χ2n) is 7.99. The van der Waals surface area contributed by atoms with Gasteiger partial charge in [0.2, 0.25) is 0 Å². The van der Waals surface area contributed by atoms with Crippen molar-refractivity contribution in [3.63, 3.8) is 0 Å². The van der Waals surface area contributed by atoms with Gasteiger partial charge in [0.25, 0.3) is 5.56 Å². The van der Waals surface area contributed by atoms with Gasteiger partial charge in [-0.05, 0) is 51.8 Å². The normalized spacial score (nSPS) is 13.7. The molecule has 3 aromatic heterocycles. The van der Waals surface area contributed by atoms with Gasteiger partial charge < -0.3 is 9.88 Å². The van der Waals surface area contributed by atoms with Gasteiger partial charge in [0, 0.05) is 35.4 Å². The second-order valence-corrected chi connectivity index (χ2v) is 8.84. The van der Waals surface area contributed by atoms with E-state index in [1.165, 1.54) is 12.8 Å². The molecule has 0 bridgehead atoms. The molecule has 0 atom stereocenters. The predicted molar refractivity (Wildman–Crippen MR) is 122 cm³/mol. The fraction of sp³-hybridized carbons (Fsp3) is 0.304. The van der Waals surface area contributed by atoms with Crippen LogP contribution < -0.4 is 10.9 Å². The van der Waals surface area contributed by atoms with E-state index in [0.29, 0.717) is 11.7 Å². The van der Waals surface area contributed by atoms with Gasteiger partial charge in [0.15, 0.2) is 5.13 Å². The molecule has 0 spiro atoms. The second kappa shape index (κ2) is 7.02. The highest BCUT2D eigenvalue weighted by Crippen LogP contribution is 2.33. The van der Waals surface area contributed by atoms with E-state index in [1.807, 2.05) is 55.9 Å². The smallest absolute Gasteiger partial charge is 0.295 e. The monoisotopic (exact) mass is 419 g/mol. The average Bonchev–Trinajstić information content (AvgIpc) is 3.29. The minimum Gasteiger partial charge on any atom is -0.359 e. The lowest BCUT2D eigenvalue weighted by atomic mass is 10.2. The van der Waals surface area contributed by atoms with Crippen LogP contribution in [0.4, 0.5) is 5.13 Å². The largest absolute Gasteiger partial charge is 0.359 e. The lowest BCUT2D eigenvalue weighted by Gasteiger charge is -2.08. The fourth-order valence-electron chi connectivity index (χ4n) is 4.04. The molecule has 7 heteroatoms. The van der Waals surface area contributed by atoms with Crippen molar-refractivity contribution in [1.29, 1.82) is 0 Å². The number of rotatable bonds is 5. The summed E-state index contributed by atoms with van der Waals surface area (Å²) in [5.74, 6) is 0. The van der Waals surface area contributed by atoms with Gasteiger partial charge in [-0.3, -0.25) is 9.48 Å². The van der Waals surface area contributed by atoms with Crippen LogP contribution in [0.5, 0.6) is 0 Å². The molecule has 0 unspecified atom stereocenters. The molecule has 1 aromatic carbocycles. The highest BCUT2D eigenvalue weighted by molar-refractivity contribution is 7.14. The zero-order valence-corrected chi connectivity index (χ0v) is 18.5. The van der Waals surface area contributed by atoms with Crippen LogP contribution in [0, 0.1) is 20.8 Å². The van der Waals surface area contributed by atoms with Crippen molar-refractivity contribution in [1.82, 2.24) is 18.9 Å². The van der Waals surface area contributed by atoms with E-state index in [0.717, 1.165) is 39.2 Å². The maximum Gasteiger partial charge on any atom is 0.295 e. The van der Waals surface area contributed by atoms with Crippen LogP contribution in [0.25, 0.3) is 22.6 Å². The Kier molecular flexibility index (Phi) is 4.43. The molecule has 30 heavy (non-hydrogen) atoms. The van der Waals surface area contributed by atoms with E-state index in [-0.39, 0.29) is 5.56 Å². The van der Waals surface area contributed by atoms with Gasteiger partial charge >= 0.3 is 0 Å². The first-order valence-corrected chi connectivity index (χ1v) is 11.1. The highest BCUT2D eigenvalue weighted by Gasteiger charge is 2.24. The molecular formula is C23H25N5OS. The van der Waals surface area contributed by atoms with E-state index < -0.39 is 0 Å². The Hall–Kier alpha value is -3.06. The molecule has 5 rings (SSSR count). The number of aryl methyl sites for hydroxylation is 1. The number of hydrogen-bond acceptors (Lipinski definition) is 4. The lowest BCUT2D eigenvalue weighted by molar-refractivity contribution is 0.630. The summed E-state index contributed by atoms with van der Waals surface area (Å²) in [4.78, 5) is 18.3. The summed E-state index contributed by atoms with van der Waals surface area (Å²) in [6.07, 6.45) is 2.45. The number of hydrogen-bond donors (Lipinski definition) is 1. The van der Waals surface area contributed by atoms with Gasteiger partial charge in [-0.15, -0.1) is 11.3 Å². The summed E-state index contributed by atoms with van der Waals surface area (Å²) >= 11 is 1.64. The molecule has 4 aromatic rings. The van der Waals surface area contributed by atoms with Crippen LogP contribution in [0.1, 0.15) is 29.9 Å². The van der Waals surface area contributed by atoms with E-state index in [2.05, 4.69) is 28.3 Å². The first-order chi connectivity index (χ1) is 14.5. The standard InChI is InChI=1S/C23H25N5OS/c1-14-12-19(20-13-30-23(25-20)24-17-10-11-17)15(2)27(14)21-16(3)26(4)28(22(21)29)18-8-6-5-7-9-18/h5-9,12-13,17H,10-11H2,1-4H3,(H,24,25). The highest BCUT2D eigenvalue weighted by atomic mass is 32.1. The molecule has 0 aliphatic heterocycles. The summed E-state index contributed by atoms with van der Waals surface area (Å²) in [5, 5.41) is 6.54. The Balaban J connectivity index is 1.62. The van der Waals surface area contributed by atoms with Crippen molar-refractivity contribution in [2.24, 2.45) is 7.05 Å². The van der Waals surface area contributed by atoms with Gasteiger partial charge in [0.05, 0.1) is 17.1 Å². The number of nitrogens with one attached hydrogen (secondary N) is 1. The topological polar surface area (TPSA) is 56.8 Å². The van der Waals surface area contributed by atoms with Crippen molar-refractivity contribution in [3.8, 4) is 22.6 Å². The van der Waals surface area contributed by atoms with Crippen molar-refractivity contribution in [2.45, 2.75) is 39.7 Å². The van der Waals surface area contributed by atoms with Crippen LogP contribution in [0.3, 0.4) is 0 Å². The molecule has 1 saturated carbocycles. The van der Waals surface area contributed by atoms with Crippen LogP contribution in [0.15, 0.2) is 46.6 Å². The van der Waals surface area contributed by atoms with Crippen LogP contribution in [-0.4, -0.2) is 25.0 Å². The molecule has 1 aliphatic rings. The minimum atomic E-state index is -0.0242. The summed E-state index contributed by atoms with van der Waals surface area (Å²) < 4.78 is 5.72. The number of anilines is 1. The van der Waals surface area contributed by atoms with Gasteiger partial charge in [-0.2, -0.15) is 0 Å². The third-order valence-corrected chi connectivity index (χ3v) is 6.64.